The molecule has 0 unspecified atom stereocenters. The van der Waals surface area contributed by atoms with Crippen LogP contribution in [-0.4, -0.2) is 9.13 Å². The average Bonchev–Trinajstić information content (AvgIpc) is 3.86. The summed E-state index contributed by atoms with van der Waals surface area (Å²) in [5.74, 6) is 0. The summed E-state index contributed by atoms with van der Waals surface area (Å²) in [6.45, 7) is 4.71. The molecule has 0 spiro atoms. The smallest absolute Gasteiger partial charge is 0.0541 e. The Kier molecular flexibility index (Phi) is 6.72. The third kappa shape index (κ3) is 4.71. The minimum atomic E-state index is -0.0299. The van der Waals surface area contributed by atoms with Crippen LogP contribution in [0.1, 0.15) is 25.0 Å². The molecule has 1 aliphatic rings. The van der Waals surface area contributed by atoms with E-state index < -0.39 is 0 Å². The minimum absolute atomic E-state index is 0.0299. The van der Waals surface area contributed by atoms with E-state index >= 15 is 0 Å². The molecule has 2 heterocycles. The number of nitrogens with zero attached hydrogens (tertiary/aromatic N) is 2. The van der Waals surface area contributed by atoms with Gasteiger partial charge in [-0.15, -0.1) is 0 Å². The standard InChI is InChI=1S/C55H38N2/c1-55(2)49-17-9-6-14-43(49)44-27-23-39(34-50(44)55)36-21-20-35-22-26-42(31-40(35)30-36)57-52-19-11-8-16-46(52)48-33-38(25-29-54(48)57)37-24-28-53-47(32-37)45-15-7-10-18-51(45)56(53)41-12-4-3-5-13-41/h3-34H,1-2H3. The van der Waals surface area contributed by atoms with Gasteiger partial charge in [0.2, 0.25) is 0 Å². The lowest BCUT2D eigenvalue weighted by Gasteiger charge is -2.22. The Bertz CT molecular complexity index is 3430. The lowest BCUT2D eigenvalue weighted by atomic mass is 9.81. The third-order valence-corrected chi connectivity index (χ3v) is 12.7. The highest BCUT2D eigenvalue weighted by molar-refractivity contribution is 6.13. The normalized spacial score (nSPS) is 13.2. The molecule has 0 N–H and O–H groups in total. The maximum atomic E-state index is 2.44. The van der Waals surface area contributed by atoms with Gasteiger partial charge in [-0.25, -0.2) is 0 Å². The molecule has 2 nitrogen and oxygen atoms in total. The molecule has 57 heavy (non-hydrogen) atoms. The maximum absolute atomic E-state index is 2.44. The Balaban J connectivity index is 0.968. The van der Waals surface area contributed by atoms with Gasteiger partial charge in [0.1, 0.15) is 0 Å². The fraction of sp³-hybridized carbons (Fsp3) is 0.0545. The van der Waals surface area contributed by atoms with Crippen molar-refractivity contribution in [2.45, 2.75) is 19.3 Å². The number of aromatic nitrogens is 2. The number of hydrogen-bond donors (Lipinski definition) is 0. The minimum Gasteiger partial charge on any atom is -0.309 e. The highest BCUT2D eigenvalue weighted by Crippen LogP contribution is 2.49. The van der Waals surface area contributed by atoms with E-state index in [-0.39, 0.29) is 5.41 Å². The molecule has 9 aromatic carbocycles. The zero-order chi connectivity index (χ0) is 37.8. The Morgan fingerprint density at radius 1 is 0.316 bits per heavy atom. The van der Waals surface area contributed by atoms with Crippen LogP contribution in [0, 0.1) is 0 Å². The van der Waals surface area contributed by atoms with Crippen molar-refractivity contribution in [2.24, 2.45) is 0 Å². The van der Waals surface area contributed by atoms with Gasteiger partial charge in [-0.1, -0.05) is 135 Å². The zero-order valence-corrected chi connectivity index (χ0v) is 31.9. The Morgan fingerprint density at radius 2 is 0.825 bits per heavy atom. The van der Waals surface area contributed by atoms with Gasteiger partial charge < -0.3 is 9.13 Å². The summed E-state index contributed by atoms with van der Waals surface area (Å²) in [5.41, 5.74) is 17.6. The Morgan fingerprint density at radius 3 is 1.54 bits per heavy atom. The second kappa shape index (κ2) is 11.9. The first-order valence-electron chi connectivity index (χ1n) is 19.9. The van der Waals surface area contributed by atoms with Crippen molar-refractivity contribution in [2.75, 3.05) is 0 Å². The summed E-state index contributed by atoms with van der Waals surface area (Å²) in [6.07, 6.45) is 0. The molecule has 0 bridgehead atoms. The summed E-state index contributed by atoms with van der Waals surface area (Å²) in [5, 5.41) is 7.51. The van der Waals surface area contributed by atoms with Crippen LogP contribution >= 0.6 is 0 Å². The predicted molar refractivity (Wildman–Crippen MR) is 241 cm³/mol. The van der Waals surface area contributed by atoms with Crippen LogP contribution < -0.4 is 0 Å². The van der Waals surface area contributed by atoms with Crippen LogP contribution in [0.3, 0.4) is 0 Å². The second-order valence-electron chi connectivity index (χ2n) is 16.2. The molecule has 11 aromatic rings. The molecule has 268 valence electrons. The Labute approximate surface area is 331 Å². The fourth-order valence-corrected chi connectivity index (χ4v) is 9.87. The van der Waals surface area contributed by atoms with E-state index in [0.717, 1.165) is 0 Å². The fourth-order valence-electron chi connectivity index (χ4n) is 9.87. The molecular formula is C55H38N2. The van der Waals surface area contributed by atoms with Crippen molar-refractivity contribution in [1.82, 2.24) is 9.13 Å². The number of benzene rings is 9. The lowest BCUT2D eigenvalue weighted by Crippen LogP contribution is -2.14. The molecule has 12 rings (SSSR count). The van der Waals surface area contributed by atoms with Crippen molar-refractivity contribution in [1.29, 1.82) is 0 Å². The monoisotopic (exact) mass is 726 g/mol. The summed E-state index contributed by atoms with van der Waals surface area (Å²) in [6, 6.07) is 71.9. The number of para-hydroxylation sites is 3. The van der Waals surface area contributed by atoms with Crippen molar-refractivity contribution in [3.8, 4) is 44.8 Å². The van der Waals surface area contributed by atoms with Gasteiger partial charge in [0.15, 0.2) is 0 Å². The van der Waals surface area contributed by atoms with Gasteiger partial charge in [0.05, 0.1) is 22.1 Å². The molecule has 0 aliphatic heterocycles. The van der Waals surface area contributed by atoms with E-state index in [0.29, 0.717) is 0 Å². The van der Waals surface area contributed by atoms with E-state index in [2.05, 4.69) is 217 Å². The molecule has 0 radical (unpaired) electrons. The summed E-state index contributed by atoms with van der Waals surface area (Å²) < 4.78 is 4.82. The number of rotatable bonds is 4. The SMILES string of the molecule is CC1(C)c2ccccc2-c2ccc(-c3ccc4ccc(-n5c6ccccc6c6cc(-c7ccc8c(c7)c7ccccc7n8-c7ccccc7)ccc65)cc4c3)cc21. The molecule has 0 saturated heterocycles. The first-order valence-corrected chi connectivity index (χ1v) is 19.9. The van der Waals surface area contributed by atoms with Crippen molar-refractivity contribution in [3.63, 3.8) is 0 Å². The van der Waals surface area contributed by atoms with Gasteiger partial charge in [-0.05, 0) is 128 Å². The van der Waals surface area contributed by atoms with Crippen LogP contribution in [0.2, 0.25) is 0 Å². The first kappa shape index (κ1) is 32.1. The molecular weight excluding hydrogens is 689 g/mol. The van der Waals surface area contributed by atoms with E-state index in [9.17, 15) is 0 Å². The van der Waals surface area contributed by atoms with Crippen LogP contribution in [0.15, 0.2) is 194 Å². The van der Waals surface area contributed by atoms with E-state index in [1.54, 1.807) is 0 Å². The summed E-state index contributed by atoms with van der Waals surface area (Å²) in [7, 11) is 0. The van der Waals surface area contributed by atoms with Crippen LogP contribution in [-0.2, 0) is 5.41 Å². The Hall–Kier alpha value is -7.16. The van der Waals surface area contributed by atoms with Crippen LogP contribution in [0.4, 0.5) is 0 Å². The molecule has 0 atom stereocenters. The lowest BCUT2D eigenvalue weighted by molar-refractivity contribution is 0.660. The van der Waals surface area contributed by atoms with Gasteiger partial charge in [0, 0.05) is 38.3 Å². The van der Waals surface area contributed by atoms with Crippen molar-refractivity contribution in [3.05, 3.63) is 205 Å². The number of fused-ring (bicyclic) bond motifs is 10. The molecule has 1 aliphatic carbocycles. The predicted octanol–water partition coefficient (Wildman–Crippen LogP) is 14.7. The van der Waals surface area contributed by atoms with Crippen molar-refractivity contribution >= 4 is 54.4 Å². The second-order valence-corrected chi connectivity index (χ2v) is 16.2. The van der Waals surface area contributed by atoms with E-state index in [4.69, 9.17) is 0 Å². The molecule has 2 heteroatoms. The molecule has 0 amide bonds. The average molecular weight is 727 g/mol. The molecule has 0 fully saturated rings. The molecule has 2 aromatic heterocycles. The van der Waals surface area contributed by atoms with E-state index in [1.807, 2.05) is 0 Å². The highest BCUT2D eigenvalue weighted by Gasteiger charge is 2.35. The van der Waals surface area contributed by atoms with Crippen LogP contribution in [0.25, 0.3) is 99.1 Å². The third-order valence-electron chi connectivity index (χ3n) is 12.7. The van der Waals surface area contributed by atoms with Crippen LogP contribution in [0.5, 0.6) is 0 Å². The highest BCUT2D eigenvalue weighted by atomic mass is 15.0. The zero-order valence-electron chi connectivity index (χ0n) is 31.9. The molecule has 0 saturated carbocycles. The van der Waals surface area contributed by atoms with Gasteiger partial charge >= 0.3 is 0 Å². The topological polar surface area (TPSA) is 9.86 Å². The van der Waals surface area contributed by atoms with Gasteiger partial charge in [-0.3, -0.25) is 0 Å². The quantitative estimate of drug-likeness (QED) is 0.171. The van der Waals surface area contributed by atoms with E-state index in [1.165, 1.54) is 110 Å². The number of hydrogen-bond acceptors (Lipinski definition) is 0. The largest absolute Gasteiger partial charge is 0.309 e. The summed E-state index contributed by atoms with van der Waals surface area (Å²) in [4.78, 5) is 0. The summed E-state index contributed by atoms with van der Waals surface area (Å²) >= 11 is 0. The maximum Gasteiger partial charge on any atom is 0.0541 e. The first-order chi connectivity index (χ1) is 28.0. The van der Waals surface area contributed by atoms with Gasteiger partial charge in [-0.2, -0.15) is 0 Å². The van der Waals surface area contributed by atoms with Crippen molar-refractivity contribution < 1.29 is 0 Å². The van der Waals surface area contributed by atoms with Gasteiger partial charge in [0.25, 0.3) is 0 Å².